The van der Waals surface area contributed by atoms with Gasteiger partial charge in [0.1, 0.15) is 11.8 Å². The lowest BCUT2D eigenvalue weighted by Crippen LogP contribution is -2.52. The maximum atomic E-state index is 13.5. The summed E-state index contributed by atoms with van der Waals surface area (Å²) in [6.07, 6.45) is 0.408. The second-order valence-electron chi connectivity index (χ2n) is 8.74. The highest BCUT2D eigenvalue weighted by atomic mass is 79.9. The number of benzene rings is 3. The molecule has 3 aromatic rings. The Labute approximate surface area is 224 Å². The zero-order valence-corrected chi connectivity index (χ0v) is 23.1. The molecule has 35 heavy (non-hydrogen) atoms. The fraction of sp³-hybridized carbons (Fsp3) is 0.286. The van der Waals surface area contributed by atoms with Crippen LogP contribution in [0.25, 0.3) is 0 Å². The summed E-state index contributed by atoms with van der Waals surface area (Å²) in [5.74, 6) is 0.467. The molecule has 2 amide bonds. The van der Waals surface area contributed by atoms with Crippen molar-refractivity contribution in [2.24, 2.45) is 5.92 Å². The molecule has 7 heteroatoms. The van der Waals surface area contributed by atoms with E-state index in [9.17, 15) is 9.59 Å². The van der Waals surface area contributed by atoms with Crippen molar-refractivity contribution in [1.29, 1.82) is 0 Å². The van der Waals surface area contributed by atoms with Crippen molar-refractivity contribution < 1.29 is 14.3 Å². The molecule has 0 fully saturated rings. The van der Waals surface area contributed by atoms with Gasteiger partial charge < -0.3 is 15.0 Å². The molecule has 0 heterocycles. The van der Waals surface area contributed by atoms with Crippen molar-refractivity contribution in [3.05, 3.63) is 98.9 Å². The number of hydrogen-bond donors (Lipinski definition) is 1. The summed E-state index contributed by atoms with van der Waals surface area (Å²) < 4.78 is 7.67. The number of ether oxygens (including phenoxy) is 1. The molecule has 0 aromatic heterocycles. The summed E-state index contributed by atoms with van der Waals surface area (Å²) in [4.78, 5) is 28.6. The highest BCUT2D eigenvalue weighted by molar-refractivity contribution is 9.10. The van der Waals surface area contributed by atoms with Crippen molar-refractivity contribution in [1.82, 2.24) is 10.2 Å². The number of halogens is 2. The van der Waals surface area contributed by atoms with Gasteiger partial charge in [-0.1, -0.05) is 88.2 Å². The van der Waals surface area contributed by atoms with Gasteiger partial charge in [-0.3, -0.25) is 9.59 Å². The van der Waals surface area contributed by atoms with Gasteiger partial charge in [-0.05, 0) is 53.4 Å². The van der Waals surface area contributed by atoms with Crippen LogP contribution in [0.2, 0.25) is 0 Å². The van der Waals surface area contributed by atoms with E-state index >= 15 is 0 Å². The number of hydrogen-bond acceptors (Lipinski definition) is 3. The van der Waals surface area contributed by atoms with Crippen molar-refractivity contribution >= 4 is 43.7 Å². The third-order valence-electron chi connectivity index (χ3n) is 5.40. The van der Waals surface area contributed by atoms with E-state index in [0.717, 1.165) is 20.1 Å². The number of amides is 2. The van der Waals surface area contributed by atoms with Crippen LogP contribution >= 0.6 is 31.9 Å². The molecule has 0 aliphatic carbocycles. The molecular weight excluding hydrogens is 572 g/mol. The van der Waals surface area contributed by atoms with Crippen LogP contribution in [-0.2, 0) is 22.6 Å². The molecule has 0 aliphatic rings. The van der Waals surface area contributed by atoms with Crippen molar-refractivity contribution in [2.75, 3.05) is 13.2 Å². The zero-order valence-electron chi connectivity index (χ0n) is 19.9. The van der Waals surface area contributed by atoms with Gasteiger partial charge in [0.2, 0.25) is 5.91 Å². The molecule has 3 aromatic carbocycles. The lowest BCUT2D eigenvalue weighted by atomic mass is 10.0. The van der Waals surface area contributed by atoms with Crippen molar-refractivity contribution in [2.45, 2.75) is 32.9 Å². The van der Waals surface area contributed by atoms with Crippen LogP contribution in [0, 0.1) is 5.92 Å². The van der Waals surface area contributed by atoms with Crippen LogP contribution < -0.4 is 10.1 Å². The number of carbonyl (C=O) groups excluding carboxylic acids is 2. The molecular formula is C28H30Br2N2O3. The Bertz CT molecular complexity index is 1090. The quantitative estimate of drug-likeness (QED) is 0.293. The molecule has 0 spiro atoms. The SMILES string of the molecule is CC(C)CNC(=O)C(Cc1ccccc1)N(Cc1ccc(Br)cc1)C(=O)COc1ccc(Br)cc1. The summed E-state index contributed by atoms with van der Waals surface area (Å²) in [5, 5.41) is 3.03. The molecule has 1 unspecified atom stereocenters. The van der Waals surface area contributed by atoms with E-state index in [1.165, 1.54) is 0 Å². The monoisotopic (exact) mass is 600 g/mol. The molecule has 1 N–H and O–H groups in total. The molecule has 0 aliphatic heterocycles. The number of nitrogens with zero attached hydrogens (tertiary/aromatic N) is 1. The standard InChI is InChI=1S/C28H30Br2N2O3/c1-20(2)17-31-28(34)26(16-21-6-4-3-5-7-21)32(18-22-8-10-23(29)11-9-22)27(33)19-35-25-14-12-24(30)13-15-25/h3-15,20,26H,16-19H2,1-2H3,(H,31,34). The van der Waals surface area contributed by atoms with Crippen LogP contribution in [0.4, 0.5) is 0 Å². The summed E-state index contributed by atoms with van der Waals surface area (Å²) in [5.41, 5.74) is 1.92. The first-order valence-electron chi connectivity index (χ1n) is 11.6. The van der Waals surface area contributed by atoms with E-state index in [4.69, 9.17) is 4.74 Å². The second-order valence-corrected chi connectivity index (χ2v) is 10.6. The molecule has 0 bridgehead atoms. The molecule has 1 atom stereocenters. The Morgan fingerprint density at radius 1 is 0.857 bits per heavy atom. The lowest BCUT2D eigenvalue weighted by molar-refractivity contribution is -0.142. The van der Waals surface area contributed by atoms with Crippen LogP contribution in [0.1, 0.15) is 25.0 Å². The predicted molar refractivity (Wildman–Crippen MR) is 146 cm³/mol. The minimum Gasteiger partial charge on any atom is -0.484 e. The van der Waals surface area contributed by atoms with E-state index in [-0.39, 0.29) is 18.4 Å². The van der Waals surface area contributed by atoms with E-state index in [1.807, 2.05) is 80.6 Å². The fourth-order valence-electron chi connectivity index (χ4n) is 3.52. The minimum absolute atomic E-state index is 0.166. The topological polar surface area (TPSA) is 58.6 Å². The Balaban J connectivity index is 1.88. The first-order valence-corrected chi connectivity index (χ1v) is 13.1. The van der Waals surface area contributed by atoms with Crippen molar-refractivity contribution in [3.63, 3.8) is 0 Å². The second kappa shape index (κ2) is 13.4. The van der Waals surface area contributed by atoms with Gasteiger partial charge in [-0.25, -0.2) is 0 Å². The predicted octanol–water partition coefficient (Wildman–Crippen LogP) is 6.00. The third-order valence-corrected chi connectivity index (χ3v) is 6.46. The fourth-order valence-corrected chi connectivity index (χ4v) is 4.05. The molecule has 5 nitrogen and oxygen atoms in total. The molecule has 3 rings (SSSR count). The Morgan fingerprint density at radius 2 is 1.46 bits per heavy atom. The third kappa shape index (κ3) is 8.82. The smallest absolute Gasteiger partial charge is 0.261 e. The first kappa shape index (κ1) is 27.0. The van der Waals surface area contributed by atoms with Crippen LogP contribution in [0.15, 0.2) is 87.8 Å². The van der Waals surface area contributed by atoms with E-state index in [0.29, 0.717) is 31.2 Å². The van der Waals surface area contributed by atoms with Crippen LogP contribution in [-0.4, -0.2) is 35.9 Å². The highest BCUT2D eigenvalue weighted by Gasteiger charge is 2.30. The molecule has 184 valence electrons. The number of rotatable bonds is 11. The van der Waals surface area contributed by atoms with E-state index < -0.39 is 6.04 Å². The van der Waals surface area contributed by atoms with Crippen molar-refractivity contribution in [3.8, 4) is 5.75 Å². The Morgan fingerprint density at radius 3 is 2.06 bits per heavy atom. The van der Waals surface area contributed by atoms with Gasteiger partial charge in [-0.15, -0.1) is 0 Å². The minimum atomic E-state index is -0.680. The molecule has 0 saturated carbocycles. The Kier molecular flexibility index (Phi) is 10.4. The summed E-state index contributed by atoms with van der Waals surface area (Å²) in [7, 11) is 0. The van der Waals surface area contributed by atoms with Crippen LogP contribution in [0.5, 0.6) is 5.75 Å². The first-order chi connectivity index (χ1) is 16.8. The molecule has 0 saturated heterocycles. The average molecular weight is 602 g/mol. The Hall–Kier alpha value is -2.64. The summed E-state index contributed by atoms with van der Waals surface area (Å²) >= 11 is 6.86. The van der Waals surface area contributed by atoms with Crippen LogP contribution in [0.3, 0.4) is 0 Å². The van der Waals surface area contributed by atoms with Gasteiger partial charge in [0.15, 0.2) is 6.61 Å². The number of nitrogens with one attached hydrogen (secondary N) is 1. The zero-order chi connectivity index (χ0) is 25.2. The van der Waals surface area contributed by atoms with E-state index in [1.54, 1.807) is 17.0 Å². The average Bonchev–Trinajstić information content (AvgIpc) is 2.86. The summed E-state index contributed by atoms with van der Waals surface area (Å²) in [6, 6.07) is 24.2. The van der Waals surface area contributed by atoms with Gasteiger partial charge in [0.05, 0.1) is 0 Å². The van der Waals surface area contributed by atoms with E-state index in [2.05, 4.69) is 37.2 Å². The van der Waals surface area contributed by atoms with Gasteiger partial charge in [-0.2, -0.15) is 0 Å². The highest BCUT2D eigenvalue weighted by Crippen LogP contribution is 2.19. The number of carbonyl (C=O) groups is 2. The molecule has 0 radical (unpaired) electrons. The van der Waals surface area contributed by atoms with Gasteiger partial charge in [0, 0.05) is 28.5 Å². The maximum absolute atomic E-state index is 13.5. The summed E-state index contributed by atoms with van der Waals surface area (Å²) in [6.45, 7) is 4.76. The lowest BCUT2D eigenvalue weighted by Gasteiger charge is -2.31. The maximum Gasteiger partial charge on any atom is 0.261 e. The normalized spacial score (nSPS) is 11.7. The van der Waals surface area contributed by atoms with Gasteiger partial charge >= 0.3 is 0 Å². The van der Waals surface area contributed by atoms with Gasteiger partial charge in [0.25, 0.3) is 5.91 Å². The largest absolute Gasteiger partial charge is 0.484 e.